The van der Waals surface area contributed by atoms with Gasteiger partial charge in [-0.05, 0) is 54.1 Å². The number of cyclic esters (lactones) is 1. The molecule has 0 saturated carbocycles. The molecule has 3 aromatic rings. The highest BCUT2D eigenvalue weighted by atomic mass is 16.5. The first-order valence-corrected chi connectivity index (χ1v) is 8.32. The zero-order valence-electron chi connectivity index (χ0n) is 14.0. The minimum atomic E-state index is -0.339. The maximum atomic E-state index is 12.1. The summed E-state index contributed by atoms with van der Waals surface area (Å²) in [5.74, 6) is 1.71. The molecule has 4 rings (SSSR count). The molecule has 0 amide bonds. The van der Waals surface area contributed by atoms with Crippen LogP contribution in [0.25, 0.3) is 11.8 Å². The largest absolute Gasteiger partial charge is 0.457 e. The number of para-hydroxylation sites is 1. The van der Waals surface area contributed by atoms with Crippen molar-refractivity contribution in [3.8, 4) is 11.5 Å². The summed E-state index contributed by atoms with van der Waals surface area (Å²) in [6, 6.07) is 26.8. The van der Waals surface area contributed by atoms with Crippen molar-refractivity contribution in [3.05, 3.63) is 108 Å². The van der Waals surface area contributed by atoms with Gasteiger partial charge in [0.25, 0.3) is 0 Å². The van der Waals surface area contributed by atoms with Gasteiger partial charge in [-0.2, -0.15) is 0 Å². The lowest BCUT2D eigenvalue weighted by atomic mass is 10.1. The van der Waals surface area contributed by atoms with E-state index in [1.807, 2.05) is 91.0 Å². The second-order valence-corrected chi connectivity index (χ2v) is 5.85. The van der Waals surface area contributed by atoms with E-state index >= 15 is 0 Å². The predicted octanol–water partition coefficient (Wildman–Crippen LogP) is 5.46. The summed E-state index contributed by atoms with van der Waals surface area (Å²) in [4.78, 5) is 12.1. The Kier molecular flexibility index (Phi) is 4.35. The van der Waals surface area contributed by atoms with E-state index in [-0.39, 0.29) is 5.97 Å². The van der Waals surface area contributed by atoms with Gasteiger partial charge in [-0.15, -0.1) is 0 Å². The van der Waals surface area contributed by atoms with Crippen LogP contribution in [0.15, 0.2) is 96.6 Å². The van der Waals surface area contributed by atoms with Crippen LogP contribution in [0.1, 0.15) is 11.1 Å². The highest BCUT2D eigenvalue weighted by Gasteiger charge is 2.21. The third-order valence-corrected chi connectivity index (χ3v) is 3.96. The molecule has 3 heteroatoms. The summed E-state index contributed by atoms with van der Waals surface area (Å²) in [7, 11) is 0. The molecule has 0 fully saturated rings. The molecule has 0 N–H and O–H groups in total. The van der Waals surface area contributed by atoms with Gasteiger partial charge in [0.1, 0.15) is 17.3 Å². The first-order valence-electron chi connectivity index (χ1n) is 8.32. The summed E-state index contributed by atoms with van der Waals surface area (Å²) < 4.78 is 11.2. The average molecular weight is 340 g/mol. The zero-order valence-corrected chi connectivity index (χ0v) is 14.0. The van der Waals surface area contributed by atoms with Crippen molar-refractivity contribution in [1.29, 1.82) is 0 Å². The number of hydrogen-bond acceptors (Lipinski definition) is 3. The van der Waals surface area contributed by atoms with Crippen LogP contribution >= 0.6 is 0 Å². The predicted molar refractivity (Wildman–Crippen MR) is 101 cm³/mol. The van der Waals surface area contributed by atoms with Crippen LogP contribution in [0.4, 0.5) is 0 Å². The number of rotatable bonds is 4. The normalized spacial score (nSPS) is 14.8. The molecule has 0 saturated heterocycles. The highest BCUT2D eigenvalue weighted by Crippen LogP contribution is 2.29. The Morgan fingerprint density at radius 2 is 1.35 bits per heavy atom. The number of carbonyl (C=O) groups excluding carboxylic acids is 1. The minimum Gasteiger partial charge on any atom is -0.457 e. The summed E-state index contributed by atoms with van der Waals surface area (Å²) in [6.45, 7) is 0. The molecular weight excluding hydrogens is 324 g/mol. The molecular formula is C23H16O3. The van der Waals surface area contributed by atoms with E-state index in [1.165, 1.54) is 0 Å². The van der Waals surface area contributed by atoms with E-state index in [2.05, 4.69) is 0 Å². The van der Waals surface area contributed by atoms with Crippen molar-refractivity contribution in [3.63, 3.8) is 0 Å². The molecule has 126 valence electrons. The molecule has 0 radical (unpaired) electrons. The van der Waals surface area contributed by atoms with Crippen LogP contribution in [-0.4, -0.2) is 5.97 Å². The van der Waals surface area contributed by atoms with Gasteiger partial charge >= 0.3 is 5.97 Å². The first kappa shape index (κ1) is 15.9. The Bertz CT molecular complexity index is 969. The van der Waals surface area contributed by atoms with Gasteiger partial charge in [0.05, 0.1) is 5.57 Å². The number of esters is 1. The first-order chi connectivity index (χ1) is 12.8. The lowest BCUT2D eigenvalue weighted by Crippen LogP contribution is -1.97. The minimum absolute atomic E-state index is 0.339. The molecule has 0 aliphatic carbocycles. The molecule has 3 aromatic carbocycles. The highest BCUT2D eigenvalue weighted by molar-refractivity contribution is 6.05. The van der Waals surface area contributed by atoms with Crippen molar-refractivity contribution >= 4 is 17.8 Å². The fourth-order valence-corrected chi connectivity index (χ4v) is 2.67. The van der Waals surface area contributed by atoms with Crippen LogP contribution in [0.2, 0.25) is 0 Å². The second kappa shape index (κ2) is 7.11. The Morgan fingerprint density at radius 3 is 2.04 bits per heavy atom. The van der Waals surface area contributed by atoms with Gasteiger partial charge in [-0.1, -0.05) is 48.5 Å². The van der Waals surface area contributed by atoms with Gasteiger partial charge in [0.2, 0.25) is 0 Å². The molecule has 0 bridgehead atoms. The van der Waals surface area contributed by atoms with Crippen molar-refractivity contribution < 1.29 is 14.3 Å². The summed E-state index contributed by atoms with van der Waals surface area (Å²) in [6.07, 6.45) is 3.59. The number of hydrogen-bond donors (Lipinski definition) is 0. The Balaban J connectivity index is 1.53. The summed E-state index contributed by atoms with van der Waals surface area (Å²) >= 11 is 0. The fourth-order valence-electron chi connectivity index (χ4n) is 2.67. The molecule has 3 nitrogen and oxygen atoms in total. The van der Waals surface area contributed by atoms with Crippen LogP contribution in [0.3, 0.4) is 0 Å². The molecule has 0 unspecified atom stereocenters. The van der Waals surface area contributed by atoms with E-state index in [9.17, 15) is 4.79 Å². The Morgan fingerprint density at radius 1 is 0.731 bits per heavy atom. The molecule has 1 aliphatic rings. The molecule has 0 aromatic heterocycles. The van der Waals surface area contributed by atoms with E-state index < -0.39 is 0 Å². The topological polar surface area (TPSA) is 35.5 Å². The Hall–Kier alpha value is -3.59. The average Bonchev–Trinajstić information content (AvgIpc) is 3.04. The van der Waals surface area contributed by atoms with Crippen molar-refractivity contribution in [1.82, 2.24) is 0 Å². The van der Waals surface area contributed by atoms with E-state index in [0.29, 0.717) is 11.3 Å². The maximum Gasteiger partial charge on any atom is 0.343 e. The lowest BCUT2D eigenvalue weighted by Gasteiger charge is -2.06. The summed E-state index contributed by atoms with van der Waals surface area (Å²) in [5.41, 5.74) is 2.33. The number of carbonyl (C=O) groups is 1. The number of benzene rings is 3. The monoisotopic (exact) mass is 340 g/mol. The smallest absolute Gasteiger partial charge is 0.343 e. The van der Waals surface area contributed by atoms with Gasteiger partial charge in [0, 0.05) is 5.56 Å². The van der Waals surface area contributed by atoms with E-state index in [0.717, 1.165) is 22.6 Å². The SMILES string of the molecule is O=C1OC(c2ccc(Oc3ccccc3)cc2)=CC1=Cc1ccccc1. The van der Waals surface area contributed by atoms with Gasteiger partial charge < -0.3 is 9.47 Å². The van der Waals surface area contributed by atoms with E-state index in [4.69, 9.17) is 9.47 Å². The van der Waals surface area contributed by atoms with Gasteiger partial charge in [-0.3, -0.25) is 0 Å². The molecule has 0 spiro atoms. The fraction of sp³-hybridized carbons (Fsp3) is 0. The molecule has 1 heterocycles. The quantitative estimate of drug-likeness (QED) is 0.467. The molecule has 26 heavy (non-hydrogen) atoms. The van der Waals surface area contributed by atoms with Crippen molar-refractivity contribution in [2.75, 3.05) is 0 Å². The van der Waals surface area contributed by atoms with Crippen molar-refractivity contribution in [2.24, 2.45) is 0 Å². The third-order valence-electron chi connectivity index (χ3n) is 3.96. The molecule has 0 atom stereocenters. The molecule has 1 aliphatic heterocycles. The number of ether oxygens (including phenoxy) is 2. The van der Waals surface area contributed by atoms with E-state index in [1.54, 1.807) is 6.08 Å². The Labute approximate surface area is 151 Å². The third kappa shape index (κ3) is 3.57. The second-order valence-electron chi connectivity index (χ2n) is 5.85. The lowest BCUT2D eigenvalue weighted by molar-refractivity contribution is -0.130. The van der Waals surface area contributed by atoms with Crippen LogP contribution in [-0.2, 0) is 9.53 Å². The van der Waals surface area contributed by atoms with Crippen LogP contribution in [0.5, 0.6) is 11.5 Å². The maximum absolute atomic E-state index is 12.1. The van der Waals surface area contributed by atoms with Crippen LogP contribution in [0, 0.1) is 0 Å². The van der Waals surface area contributed by atoms with Crippen molar-refractivity contribution in [2.45, 2.75) is 0 Å². The van der Waals surface area contributed by atoms with Crippen LogP contribution < -0.4 is 4.74 Å². The standard InChI is InChI=1S/C23H16O3/c24-23-19(15-17-7-3-1-4-8-17)16-22(26-23)18-11-13-21(14-12-18)25-20-9-5-2-6-10-20/h1-16H. The summed E-state index contributed by atoms with van der Waals surface area (Å²) in [5, 5.41) is 0. The zero-order chi connectivity index (χ0) is 17.8. The van der Waals surface area contributed by atoms with Gasteiger partial charge in [-0.25, -0.2) is 4.79 Å². The van der Waals surface area contributed by atoms with Gasteiger partial charge in [0.15, 0.2) is 0 Å².